The first-order valence-corrected chi connectivity index (χ1v) is 5.24. The third-order valence-electron chi connectivity index (χ3n) is 2.63. The van der Waals surface area contributed by atoms with Crippen molar-refractivity contribution in [3.63, 3.8) is 0 Å². The number of hydrogen-bond donors (Lipinski definition) is 4. The molecule has 0 aromatic heterocycles. The Kier molecular flexibility index (Phi) is 4.62. The van der Waals surface area contributed by atoms with Crippen LogP contribution in [0, 0.1) is 6.92 Å². The first kappa shape index (κ1) is 13.6. The zero-order valence-corrected chi connectivity index (χ0v) is 9.50. The Hall–Kier alpha value is -1.43. The highest BCUT2D eigenvalue weighted by Crippen LogP contribution is 2.22. The van der Waals surface area contributed by atoms with Crippen molar-refractivity contribution in [1.29, 1.82) is 0 Å². The van der Waals surface area contributed by atoms with E-state index in [1.54, 1.807) is 18.2 Å². The maximum Gasteiger partial charge on any atom is 0.306 e. The Balaban J connectivity index is 2.88. The summed E-state index contributed by atoms with van der Waals surface area (Å²) in [6.45, 7) is 1.65. The molecule has 0 bridgehead atoms. The molecule has 1 rings (SSSR count). The summed E-state index contributed by atoms with van der Waals surface area (Å²) in [5, 5.41) is 36.8. The van der Waals surface area contributed by atoms with Crippen molar-refractivity contribution in [2.45, 2.75) is 32.2 Å². The van der Waals surface area contributed by atoms with E-state index in [1.165, 1.54) is 0 Å². The van der Waals surface area contributed by atoms with Gasteiger partial charge in [-0.3, -0.25) is 4.79 Å². The third kappa shape index (κ3) is 3.52. The lowest BCUT2D eigenvalue weighted by atomic mass is 9.98. The molecule has 0 saturated heterocycles. The summed E-state index contributed by atoms with van der Waals surface area (Å²) in [5.41, 5.74) is 1.91. The first-order valence-electron chi connectivity index (χ1n) is 5.24. The van der Waals surface area contributed by atoms with Crippen LogP contribution in [0.15, 0.2) is 18.2 Å². The molecule has 0 amide bonds. The molecule has 4 N–H and O–H groups in total. The van der Waals surface area contributed by atoms with Crippen LogP contribution >= 0.6 is 0 Å². The van der Waals surface area contributed by atoms with Crippen molar-refractivity contribution in [2.24, 2.45) is 0 Å². The van der Waals surface area contributed by atoms with Crippen LogP contribution in [0.1, 0.15) is 29.2 Å². The number of carbonyl (C=O) groups is 1. The minimum Gasteiger partial charge on any atom is -0.481 e. The predicted molar refractivity (Wildman–Crippen MR) is 60.3 cm³/mol. The number of carboxylic acid groups (broad SMARTS) is 1. The van der Waals surface area contributed by atoms with Gasteiger partial charge in [0.25, 0.3) is 0 Å². The van der Waals surface area contributed by atoms with E-state index in [0.29, 0.717) is 11.1 Å². The highest BCUT2D eigenvalue weighted by molar-refractivity contribution is 5.67. The quantitative estimate of drug-likeness (QED) is 0.595. The molecule has 94 valence electrons. The molecule has 0 aliphatic carbocycles. The summed E-state index contributed by atoms with van der Waals surface area (Å²) in [6, 6.07) is 4.87. The van der Waals surface area contributed by atoms with Crippen molar-refractivity contribution >= 4 is 5.97 Å². The molecule has 0 fully saturated rings. The van der Waals surface area contributed by atoms with E-state index in [2.05, 4.69) is 0 Å². The van der Waals surface area contributed by atoms with E-state index in [1.807, 2.05) is 6.92 Å². The predicted octanol–water partition coefficient (Wildman–Crippen LogP) is 0.356. The van der Waals surface area contributed by atoms with Gasteiger partial charge < -0.3 is 20.4 Å². The Labute approximate surface area is 99.0 Å². The van der Waals surface area contributed by atoms with E-state index < -0.39 is 24.6 Å². The van der Waals surface area contributed by atoms with Gasteiger partial charge in [-0.05, 0) is 23.6 Å². The molecule has 5 heteroatoms. The monoisotopic (exact) mass is 240 g/mol. The second-order valence-corrected chi connectivity index (χ2v) is 3.95. The van der Waals surface area contributed by atoms with Gasteiger partial charge in [-0.25, -0.2) is 0 Å². The fourth-order valence-corrected chi connectivity index (χ4v) is 1.56. The Morgan fingerprint density at radius 2 is 2.00 bits per heavy atom. The molecular formula is C12H16O5. The van der Waals surface area contributed by atoms with Crippen LogP contribution in [-0.4, -0.2) is 32.5 Å². The second-order valence-electron chi connectivity index (χ2n) is 3.95. The standard InChI is InChI=1S/C12H16O5/c1-7-2-3-8(4-9(7)6-13)12(17)10(14)5-11(15)16/h2-4,10,12-14,17H,5-6H2,1H3,(H,15,16). The summed E-state index contributed by atoms with van der Waals surface area (Å²) in [4.78, 5) is 10.4. The zero-order valence-electron chi connectivity index (χ0n) is 9.50. The lowest BCUT2D eigenvalue weighted by Gasteiger charge is -2.17. The number of aliphatic hydroxyl groups is 3. The van der Waals surface area contributed by atoms with Gasteiger partial charge in [0.05, 0.1) is 19.1 Å². The molecular weight excluding hydrogens is 224 g/mol. The van der Waals surface area contributed by atoms with E-state index >= 15 is 0 Å². The van der Waals surface area contributed by atoms with Crippen LogP contribution in [0.2, 0.25) is 0 Å². The number of hydrogen-bond acceptors (Lipinski definition) is 4. The molecule has 2 unspecified atom stereocenters. The van der Waals surface area contributed by atoms with Gasteiger partial charge in [0.15, 0.2) is 0 Å². The fourth-order valence-electron chi connectivity index (χ4n) is 1.56. The second kappa shape index (κ2) is 5.77. The summed E-state index contributed by atoms with van der Waals surface area (Å²) in [7, 11) is 0. The van der Waals surface area contributed by atoms with Crippen LogP contribution in [0.25, 0.3) is 0 Å². The molecule has 2 atom stereocenters. The van der Waals surface area contributed by atoms with Gasteiger partial charge in [0, 0.05) is 0 Å². The fraction of sp³-hybridized carbons (Fsp3) is 0.417. The SMILES string of the molecule is Cc1ccc(C(O)C(O)CC(=O)O)cc1CO. The highest BCUT2D eigenvalue weighted by atomic mass is 16.4. The molecule has 0 spiro atoms. The average molecular weight is 240 g/mol. The summed E-state index contributed by atoms with van der Waals surface area (Å²) in [6.07, 6.45) is -3.15. The van der Waals surface area contributed by atoms with Crippen molar-refractivity contribution < 1.29 is 25.2 Å². The molecule has 17 heavy (non-hydrogen) atoms. The largest absolute Gasteiger partial charge is 0.481 e. The van der Waals surface area contributed by atoms with Gasteiger partial charge in [0.2, 0.25) is 0 Å². The molecule has 0 radical (unpaired) electrons. The lowest BCUT2D eigenvalue weighted by Crippen LogP contribution is -2.21. The van der Waals surface area contributed by atoms with Gasteiger partial charge in [-0.2, -0.15) is 0 Å². The minimum atomic E-state index is -1.36. The molecule has 0 saturated carbocycles. The number of aliphatic carboxylic acids is 1. The van der Waals surface area contributed by atoms with E-state index in [0.717, 1.165) is 5.56 Å². The number of aliphatic hydroxyl groups excluding tert-OH is 3. The molecule has 1 aromatic rings. The topological polar surface area (TPSA) is 98.0 Å². The van der Waals surface area contributed by atoms with E-state index in [-0.39, 0.29) is 6.61 Å². The molecule has 0 heterocycles. The Bertz CT molecular complexity index is 402. The van der Waals surface area contributed by atoms with Gasteiger partial charge >= 0.3 is 5.97 Å². The minimum absolute atomic E-state index is 0.165. The average Bonchev–Trinajstić information content (AvgIpc) is 2.27. The van der Waals surface area contributed by atoms with Crippen LogP contribution in [-0.2, 0) is 11.4 Å². The third-order valence-corrected chi connectivity index (χ3v) is 2.63. The van der Waals surface area contributed by atoms with Gasteiger partial charge in [-0.15, -0.1) is 0 Å². The van der Waals surface area contributed by atoms with Crippen molar-refractivity contribution in [2.75, 3.05) is 0 Å². The van der Waals surface area contributed by atoms with E-state index in [9.17, 15) is 15.0 Å². The van der Waals surface area contributed by atoms with Crippen molar-refractivity contribution in [3.8, 4) is 0 Å². The van der Waals surface area contributed by atoms with Gasteiger partial charge in [0.1, 0.15) is 6.10 Å². The number of aryl methyl sites for hydroxylation is 1. The summed E-state index contributed by atoms with van der Waals surface area (Å²) < 4.78 is 0. The normalized spacial score (nSPS) is 14.4. The van der Waals surface area contributed by atoms with Crippen LogP contribution in [0.5, 0.6) is 0 Å². The molecule has 0 aliphatic heterocycles. The number of carboxylic acids is 1. The Morgan fingerprint density at radius 1 is 1.35 bits per heavy atom. The summed E-state index contributed by atoms with van der Waals surface area (Å²) in [5.74, 6) is -1.17. The van der Waals surface area contributed by atoms with Crippen LogP contribution in [0.4, 0.5) is 0 Å². The lowest BCUT2D eigenvalue weighted by molar-refractivity contribution is -0.141. The van der Waals surface area contributed by atoms with Crippen molar-refractivity contribution in [3.05, 3.63) is 34.9 Å². The first-order chi connectivity index (χ1) is 7.95. The summed E-state index contributed by atoms with van der Waals surface area (Å²) >= 11 is 0. The smallest absolute Gasteiger partial charge is 0.306 e. The Morgan fingerprint density at radius 3 is 2.53 bits per heavy atom. The van der Waals surface area contributed by atoms with E-state index in [4.69, 9.17) is 10.2 Å². The van der Waals surface area contributed by atoms with Gasteiger partial charge in [-0.1, -0.05) is 18.2 Å². The number of rotatable bonds is 5. The van der Waals surface area contributed by atoms with Crippen molar-refractivity contribution in [1.82, 2.24) is 0 Å². The van der Waals surface area contributed by atoms with Crippen LogP contribution < -0.4 is 0 Å². The molecule has 5 nitrogen and oxygen atoms in total. The molecule has 0 aliphatic rings. The van der Waals surface area contributed by atoms with Crippen LogP contribution in [0.3, 0.4) is 0 Å². The zero-order chi connectivity index (χ0) is 13.0. The maximum absolute atomic E-state index is 10.4. The number of benzene rings is 1. The highest BCUT2D eigenvalue weighted by Gasteiger charge is 2.21. The molecule has 1 aromatic carbocycles. The maximum atomic E-state index is 10.4.